The highest BCUT2D eigenvalue weighted by Crippen LogP contribution is 2.48. The fourth-order valence-electron chi connectivity index (χ4n) is 3.41. The average Bonchev–Trinajstić information content (AvgIpc) is 2.96. The van der Waals surface area contributed by atoms with Gasteiger partial charge in [-0.1, -0.05) is 6.42 Å². The van der Waals surface area contributed by atoms with E-state index in [1.54, 1.807) is 6.07 Å². The summed E-state index contributed by atoms with van der Waals surface area (Å²) in [4.78, 5) is 12.1. The van der Waals surface area contributed by atoms with Crippen molar-refractivity contribution in [1.29, 1.82) is 0 Å². The molecule has 0 heterocycles. The average molecular weight is 248 g/mol. The van der Waals surface area contributed by atoms with Gasteiger partial charge in [-0.25, -0.2) is 4.39 Å². The minimum absolute atomic E-state index is 0.0337. The Bertz CT molecular complexity index is 489. The van der Waals surface area contributed by atoms with Crippen LogP contribution in [0.2, 0.25) is 0 Å². The van der Waals surface area contributed by atoms with Gasteiger partial charge in [-0.05, 0) is 49.3 Å². The molecule has 2 aliphatic rings. The van der Waals surface area contributed by atoms with Crippen LogP contribution in [0, 0.1) is 23.6 Å². The summed E-state index contributed by atoms with van der Waals surface area (Å²) >= 11 is 0. The largest absolute Gasteiger partial charge is 0.396 e. The van der Waals surface area contributed by atoms with Crippen molar-refractivity contribution >= 4 is 17.3 Å². The van der Waals surface area contributed by atoms with Gasteiger partial charge in [0.25, 0.3) is 0 Å². The number of nitrogen functional groups attached to an aromatic ring is 1. The van der Waals surface area contributed by atoms with E-state index < -0.39 is 5.82 Å². The molecule has 3 N–H and O–H groups in total. The van der Waals surface area contributed by atoms with Crippen LogP contribution in [0.4, 0.5) is 15.8 Å². The molecule has 1 aromatic rings. The maximum atomic E-state index is 13.3. The van der Waals surface area contributed by atoms with Crippen LogP contribution in [0.3, 0.4) is 0 Å². The lowest BCUT2D eigenvalue weighted by Crippen LogP contribution is -2.27. The van der Waals surface area contributed by atoms with Gasteiger partial charge >= 0.3 is 0 Å². The van der Waals surface area contributed by atoms with Gasteiger partial charge in [-0.3, -0.25) is 4.79 Å². The lowest BCUT2D eigenvalue weighted by Gasteiger charge is -2.20. The number of anilines is 2. The first-order valence-corrected chi connectivity index (χ1v) is 6.49. The number of fused-ring (bicyclic) bond motifs is 2. The first kappa shape index (κ1) is 11.5. The topological polar surface area (TPSA) is 55.1 Å². The summed E-state index contributed by atoms with van der Waals surface area (Å²) in [6.07, 6.45) is 4.62. The maximum absolute atomic E-state index is 13.3. The van der Waals surface area contributed by atoms with Crippen LogP contribution in [-0.4, -0.2) is 5.91 Å². The standard InChI is InChI=1S/C14H17FN2O/c15-12-7-10(3-4-13(12)16)17-14(18)11-6-8-1-2-9(11)5-8/h3-4,7-9,11H,1-2,5-6,16H2,(H,17,18). The summed E-state index contributed by atoms with van der Waals surface area (Å²) in [6.45, 7) is 0. The predicted octanol–water partition coefficient (Wildman–Crippen LogP) is 2.78. The Labute approximate surface area is 106 Å². The molecule has 3 rings (SSSR count). The van der Waals surface area contributed by atoms with E-state index in [2.05, 4.69) is 5.32 Å². The molecule has 96 valence electrons. The highest BCUT2D eigenvalue weighted by Gasteiger charge is 2.42. The molecule has 3 unspecified atom stereocenters. The van der Waals surface area contributed by atoms with Crippen LogP contribution >= 0.6 is 0 Å². The van der Waals surface area contributed by atoms with Crippen molar-refractivity contribution < 1.29 is 9.18 Å². The Morgan fingerprint density at radius 1 is 1.33 bits per heavy atom. The Morgan fingerprint density at radius 3 is 2.78 bits per heavy atom. The molecule has 0 spiro atoms. The number of halogens is 1. The number of hydrogen-bond donors (Lipinski definition) is 2. The van der Waals surface area contributed by atoms with Crippen molar-refractivity contribution in [2.75, 3.05) is 11.1 Å². The van der Waals surface area contributed by atoms with Crippen molar-refractivity contribution in [3.63, 3.8) is 0 Å². The van der Waals surface area contributed by atoms with Gasteiger partial charge in [-0.2, -0.15) is 0 Å². The second kappa shape index (κ2) is 4.26. The van der Waals surface area contributed by atoms with Crippen LogP contribution in [0.5, 0.6) is 0 Å². The van der Waals surface area contributed by atoms with Gasteiger partial charge in [0, 0.05) is 11.6 Å². The highest BCUT2D eigenvalue weighted by molar-refractivity contribution is 5.93. The molecule has 1 amide bonds. The summed E-state index contributed by atoms with van der Waals surface area (Å²) in [6, 6.07) is 4.40. The second-order valence-electron chi connectivity index (χ2n) is 5.51. The van der Waals surface area contributed by atoms with Crippen molar-refractivity contribution in [3.05, 3.63) is 24.0 Å². The van der Waals surface area contributed by atoms with E-state index in [0.717, 1.165) is 12.3 Å². The number of nitrogens with one attached hydrogen (secondary N) is 1. The van der Waals surface area contributed by atoms with Crippen LogP contribution in [0.25, 0.3) is 0 Å². The number of carbonyl (C=O) groups excluding carboxylic acids is 1. The zero-order valence-corrected chi connectivity index (χ0v) is 10.2. The predicted molar refractivity (Wildman–Crippen MR) is 68.4 cm³/mol. The molecule has 2 aliphatic carbocycles. The molecule has 3 atom stereocenters. The summed E-state index contributed by atoms with van der Waals surface area (Å²) in [7, 11) is 0. The molecule has 2 saturated carbocycles. The monoisotopic (exact) mass is 248 g/mol. The van der Waals surface area contributed by atoms with E-state index in [-0.39, 0.29) is 17.5 Å². The summed E-state index contributed by atoms with van der Waals surface area (Å²) in [5.41, 5.74) is 6.00. The molecule has 0 saturated heterocycles. The van der Waals surface area contributed by atoms with Gasteiger partial charge in [0.05, 0.1) is 5.69 Å². The molecular weight excluding hydrogens is 231 g/mol. The van der Waals surface area contributed by atoms with Gasteiger partial charge in [0.1, 0.15) is 5.82 Å². The molecule has 0 aromatic heterocycles. The van der Waals surface area contributed by atoms with E-state index in [4.69, 9.17) is 5.73 Å². The Hall–Kier alpha value is -1.58. The number of rotatable bonds is 2. The molecule has 3 nitrogen and oxygen atoms in total. The molecule has 2 bridgehead atoms. The smallest absolute Gasteiger partial charge is 0.227 e. The van der Waals surface area contributed by atoms with Crippen LogP contribution in [0.15, 0.2) is 18.2 Å². The number of benzene rings is 1. The molecule has 0 radical (unpaired) electrons. The molecule has 0 aliphatic heterocycles. The Balaban J connectivity index is 1.69. The normalized spacial score (nSPS) is 29.5. The van der Waals surface area contributed by atoms with Gasteiger partial charge in [0.2, 0.25) is 5.91 Å². The third-order valence-electron chi connectivity index (χ3n) is 4.34. The fraction of sp³-hybridized carbons (Fsp3) is 0.500. The molecular formula is C14H17FN2O. The fourth-order valence-corrected chi connectivity index (χ4v) is 3.41. The van der Waals surface area contributed by atoms with E-state index in [1.165, 1.54) is 31.4 Å². The summed E-state index contributed by atoms with van der Waals surface area (Å²) < 4.78 is 13.3. The van der Waals surface area contributed by atoms with Crippen LogP contribution in [0.1, 0.15) is 25.7 Å². The molecule has 4 heteroatoms. The zero-order chi connectivity index (χ0) is 12.7. The van der Waals surface area contributed by atoms with Crippen LogP contribution in [-0.2, 0) is 4.79 Å². The molecule has 2 fully saturated rings. The van der Waals surface area contributed by atoms with Crippen molar-refractivity contribution in [3.8, 4) is 0 Å². The van der Waals surface area contributed by atoms with Crippen molar-refractivity contribution in [2.24, 2.45) is 17.8 Å². The Morgan fingerprint density at radius 2 is 2.17 bits per heavy atom. The highest BCUT2D eigenvalue weighted by atomic mass is 19.1. The summed E-state index contributed by atoms with van der Waals surface area (Å²) in [5, 5.41) is 2.80. The number of hydrogen-bond acceptors (Lipinski definition) is 2. The SMILES string of the molecule is Nc1ccc(NC(=O)C2CC3CCC2C3)cc1F. The first-order chi connectivity index (χ1) is 8.63. The number of carbonyl (C=O) groups is 1. The lowest BCUT2D eigenvalue weighted by atomic mass is 9.88. The second-order valence-corrected chi connectivity index (χ2v) is 5.51. The van der Waals surface area contributed by atoms with Gasteiger partial charge in [0.15, 0.2) is 0 Å². The van der Waals surface area contributed by atoms with Gasteiger partial charge < -0.3 is 11.1 Å². The minimum atomic E-state index is -0.485. The van der Waals surface area contributed by atoms with E-state index in [9.17, 15) is 9.18 Å². The van der Waals surface area contributed by atoms with Crippen molar-refractivity contribution in [1.82, 2.24) is 0 Å². The Kier molecular flexibility index (Phi) is 2.73. The molecule has 1 aromatic carbocycles. The molecule has 18 heavy (non-hydrogen) atoms. The quantitative estimate of drug-likeness (QED) is 0.791. The maximum Gasteiger partial charge on any atom is 0.227 e. The third kappa shape index (κ3) is 1.96. The van der Waals surface area contributed by atoms with E-state index >= 15 is 0 Å². The lowest BCUT2D eigenvalue weighted by molar-refractivity contribution is -0.121. The summed E-state index contributed by atoms with van der Waals surface area (Å²) in [5.74, 6) is 0.930. The number of amides is 1. The zero-order valence-electron chi connectivity index (χ0n) is 10.2. The van der Waals surface area contributed by atoms with E-state index in [0.29, 0.717) is 11.6 Å². The minimum Gasteiger partial charge on any atom is -0.396 e. The van der Waals surface area contributed by atoms with Crippen molar-refractivity contribution in [2.45, 2.75) is 25.7 Å². The third-order valence-corrected chi connectivity index (χ3v) is 4.34. The number of nitrogens with two attached hydrogens (primary N) is 1. The van der Waals surface area contributed by atoms with Crippen LogP contribution < -0.4 is 11.1 Å². The van der Waals surface area contributed by atoms with E-state index in [1.807, 2.05) is 0 Å². The first-order valence-electron chi connectivity index (χ1n) is 6.49. The van der Waals surface area contributed by atoms with Gasteiger partial charge in [-0.15, -0.1) is 0 Å².